The minimum absolute atomic E-state index is 0.0577. The van der Waals surface area contributed by atoms with E-state index in [1.54, 1.807) is 6.33 Å². The van der Waals surface area contributed by atoms with Gasteiger partial charge in [0, 0.05) is 16.9 Å². The molecule has 3 heterocycles. The zero-order valence-corrected chi connectivity index (χ0v) is 18.2. The first kappa shape index (κ1) is 19.1. The van der Waals surface area contributed by atoms with E-state index in [1.165, 1.54) is 0 Å². The largest absolute Gasteiger partial charge is 0.494 e. The summed E-state index contributed by atoms with van der Waals surface area (Å²) in [5.41, 5.74) is 6.31. The van der Waals surface area contributed by atoms with Crippen LogP contribution < -0.4 is 9.64 Å². The highest BCUT2D eigenvalue weighted by molar-refractivity contribution is 6.11. The number of imidazole rings is 1. The Morgan fingerprint density at radius 3 is 2.72 bits per heavy atom. The number of rotatable bonds is 6. The molecule has 32 heavy (non-hydrogen) atoms. The van der Waals surface area contributed by atoms with Gasteiger partial charge < -0.3 is 9.72 Å². The average Bonchev–Trinajstić information content (AvgIpc) is 3.34. The molecule has 2 aromatic carbocycles. The summed E-state index contributed by atoms with van der Waals surface area (Å²) in [5.74, 6) is 0.786. The third-order valence-electron chi connectivity index (χ3n) is 6.39. The molecule has 4 aromatic rings. The molecule has 1 atom stereocenters. The molecule has 1 saturated carbocycles. The molecule has 2 aliphatic rings. The Balaban J connectivity index is 1.47. The molecule has 2 aromatic heterocycles. The first-order chi connectivity index (χ1) is 15.7. The number of hydrogen-bond donors (Lipinski definition) is 1. The van der Waals surface area contributed by atoms with E-state index in [9.17, 15) is 4.79 Å². The summed E-state index contributed by atoms with van der Waals surface area (Å²) >= 11 is 0. The van der Waals surface area contributed by atoms with Gasteiger partial charge in [-0.1, -0.05) is 19.1 Å². The van der Waals surface area contributed by atoms with Gasteiger partial charge in [0.25, 0.3) is 5.91 Å². The molecule has 1 aliphatic heterocycles. The zero-order chi connectivity index (χ0) is 21.8. The van der Waals surface area contributed by atoms with E-state index in [4.69, 9.17) is 9.84 Å². The second-order valence-corrected chi connectivity index (χ2v) is 8.62. The van der Waals surface area contributed by atoms with Crippen molar-refractivity contribution in [2.24, 2.45) is 0 Å². The number of amides is 1. The number of aromatic amines is 1. The predicted octanol–water partition coefficient (Wildman–Crippen LogP) is 4.94. The molecule has 7 nitrogen and oxygen atoms in total. The zero-order valence-electron chi connectivity index (χ0n) is 18.2. The van der Waals surface area contributed by atoms with Gasteiger partial charge in [-0.2, -0.15) is 5.10 Å². The predicted molar refractivity (Wildman–Crippen MR) is 122 cm³/mol. The quantitative estimate of drug-likeness (QED) is 0.473. The fraction of sp³-hybridized carbons (Fsp3) is 0.320. The number of anilines is 1. The smallest absolute Gasteiger partial charge is 0.280 e. The molecule has 1 N–H and O–H groups in total. The molecule has 0 saturated heterocycles. The number of hydrogen-bond acceptors (Lipinski definition) is 4. The lowest BCUT2D eigenvalue weighted by Crippen LogP contribution is -2.30. The molecular formula is C25H25N5O2. The maximum absolute atomic E-state index is 13.7. The number of H-pyrrole nitrogens is 1. The summed E-state index contributed by atoms with van der Waals surface area (Å²) in [6.45, 7) is 4.87. The SMILES string of the molecule is CCCOc1ccc(C2c3c(nn(C4CC4)c3C)C(=O)N2c2ccc3nc[nH]c3c2)cc1. The number of nitrogens with zero attached hydrogens (tertiary/aromatic N) is 4. The first-order valence-corrected chi connectivity index (χ1v) is 11.2. The molecule has 162 valence electrons. The second kappa shape index (κ2) is 7.22. The minimum atomic E-state index is -0.231. The van der Waals surface area contributed by atoms with E-state index in [0.717, 1.165) is 58.6 Å². The van der Waals surface area contributed by atoms with Gasteiger partial charge in [0.2, 0.25) is 0 Å². The molecule has 0 spiro atoms. The van der Waals surface area contributed by atoms with Crippen molar-refractivity contribution in [1.29, 1.82) is 0 Å². The van der Waals surface area contributed by atoms with Crippen LogP contribution in [-0.2, 0) is 0 Å². The van der Waals surface area contributed by atoms with Crippen molar-refractivity contribution in [2.45, 2.75) is 45.2 Å². The summed E-state index contributed by atoms with van der Waals surface area (Å²) in [4.78, 5) is 23.0. The van der Waals surface area contributed by atoms with E-state index in [-0.39, 0.29) is 11.9 Å². The van der Waals surface area contributed by atoms with Crippen molar-refractivity contribution in [1.82, 2.24) is 19.7 Å². The lowest BCUT2D eigenvalue weighted by atomic mass is 9.98. The van der Waals surface area contributed by atoms with Crippen LogP contribution in [0.4, 0.5) is 5.69 Å². The summed E-state index contributed by atoms with van der Waals surface area (Å²) in [5, 5.41) is 4.78. The number of carbonyl (C=O) groups excluding carboxylic acids is 1. The van der Waals surface area contributed by atoms with Crippen molar-refractivity contribution in [3.63, 3.8) is 0 Å². The summed E-state index contributed by atoms with van der Waals surface area (Å²) < 4.78 is 7.83. The van der Waals surface area contributed by atoms with Gasteiger partial charge in [-0.3, -0.25) is 14.4 Å². The highest BCUT2D eigenvalue weighted by Crippen LogP contribution is 2.46. The van der Waals surface area contributed by atoms with Crippen molar-refractivity contribution < 1.29 is 9.53 Å². The van der Waals surface area contributed by atoms with Crippen molar-refractivity contribution >= 4 is 22.6 Å². The minimum Gasteiger partial charge on any atom is -0.494 e. The van der Waals surface area contributed by atoms with Gasteiger partial charge in [0.15, 0.2) is 5.69 Å². The van der Waals surface area contributed by atoms with Gasteiger partial charge in [-0.05, 0) is 62.1 Å². The van der Waals surface area contributed by atoms with Gasteiger partial charge in [-0.15, -0.1) is 0 Å². The van der Waals surface area contributed by atoms with Crippen LogP contribution in [0, 0.1) is 6.92 Å². The summed E-state index contributed by atoms with van der Waals surface area (Å²) in [6.07, 6.45) is 4.89. The van der Waals surface area contributed by atoms with Gasteiger partial charge in [0.1, 0.15) is 5.75 Å². The molecule has 0 radical (unpaired) electrons. The number of ether oxygens (including phenoxy) is 1. The number of fused-ring (bicyclic) bond motifs is 2. The molecule has 1 amide bonds. The number of carbonyl (C=O) groups is 1. The lowest BCUT2D eigenvalue weighted by molar-refractivity contribution is 0.0988. The summed E-state index contributed by atoms with van der Waals surface area (Å²) in [6, 6.07) is 14.2. The first-order valence-electron chi connectivity index (χ1n) is 11.2. The Hall–Kier alpha value is -3.61. The highest BCUT2D eigenvalue weighted by Gasteiger charge is 2.44. The summed E-state index contributed by atoms with van der Waals surface area (Å²) in [7, 11) is 0. The van der Waals surface area contributed by atoms with Gasteiger partial charge in [0.05, 0.1) is 36.1 Å². The topological polar surface area (TPSA) is 76.0 Å². The Morgan fingerprint density at radius 2 is 1.97 bits per heavy atom. The van der Waals surface area contributed by atoms with Crippen LogP contribution in [0.5, 0.6) is 5.75 Å². The van der Waals surface area contributed by atoms with Crippen molar-refractivity contribution in [3.05, 3.63) is 71.3 Å². The van der Waals surface area contributed by atoms with Crippen LogP contribution in [0.15, 0.2) is 48.8 Å². The third kappa shape index (κ3) is 2.92. The van der Waals surface area contributed by atoms with Crippen LogP contribution in [-0.4, -0.2) is 32.3 Å². The number of aromatic nitrogens is 4. The maximum atomic E-state index is 13.7. The molecule has 1 aliphatic carbocycles. The third-order valence-corrected chi connectivity index (χ3v) is 6.39. The van der Waals surface area contributed by atoms with Crippen LogP contribution in [0.25, 0.3) is 11.0 Å². The standard InChI is InChI=1S/C25H25N5O2/c1-3-12-32-19-9-4-16(5-10-19)24-22-15(2)30(17-6-7-17)28-23(22)25(31)29(24)18-8-11-20-21(13-18)27-14-26-20/h4-5,8-11,13-14,17,24H,3,6-7,12H2,1-2H3,(H,26,27). The monoisotopic (exact) mass is 427 g/mol. The normalized spacial score (nSPS) is 17.9. The Bertz CT molecular complexity index is 1320. The lowest BCUT2D eigenvalue weighted by Gasteiger charge is -2.27. The van der Waals surface area contributed by atoms with Crippen LogP contribution >= 0.6 is 0 Å². The molecule has 0 bridgehead atoms. The maximum Gasteiger partial charge on any atom is 0.280 e. The van der Waals surface area contributed by atoms with Crippen LogP contribution in [0.3, 0.4) is 0 Å². The molecular weight excluding hydrogens is 402 g/mol. The second-order valence-electron chi connectivity index (χ2n) is 8.62. The number of nitrogens with one attached hydrogen (secondary N) is 1. The van der Waals surface area contributed by atoms with E-state index in [0.29, 0.717) is 18.3 Å². The van der Waals surface area contributed by atoms with Gasteiger partial charge >= 0.3 is 0 Å². The fourth-order valence-electron chi connectivity index (χ4n) is 4.67. The molecule has 6 rings (SSSR count). The molecule has 7 heteroatoms. The van der Waals surface area contributed by atoms with Gasteiger partial charge in [-0.25, -0.2) is 4.98 Å². The van der Waals surface area contributed by atoms with Crippen molar-refractivity contribution in [2.75, 3.05) is 11.5 Å². The van der Waals surface area contributed by atoms with E-state index in [2.05, 4.69) is 40.6 Å². The fourth-order valence-corrected chi connectivity index (χ4v) is 4.67. The van der Waals surface area contributed by atoms with E-state index >= 15 is 0 Å². The average molecular weight is 428 g/mol. The van der Waals surface area contributed by atoms with Crippen LogP contribution in [0.2, 0.25) is 0 Å². The van der Waals surface area contributed by atoms with Crippen LogP contribution in [0.1, 0.15) is 65.6 Å². The van der Waals surface area contributed by atoms with Crippen molar-refractivity contribution in [3.8, 4) is 5.75 Å². The van der Waals surface area contributed by atoms with E-state index in [1.807, 2.05) is 35.2 Å². The highest BCUT2D eigenvalue weighted by atomic mass is 16.5. The Kier molecular flexibility index (Phi) is 4.31. The Morgan fingerprint density at radius 1 is 1.16 bits per heavy atom. The van der Waals surface area contributed by atoms with E-state index < -0.39 is 0 Å². The molecule has 1 fully saturated rings. The molecule has 1 unspecified atom stereocenters. The Labute approximate surface area is 186 Å². The number of benzene rings is 2.